The molecule has 3 aromatic rings. The van der Waals surface area contributed by atoms with Crippen LogP contribution in [-0.2, 0) is 13.1 Å². The third-order valence-electron chi connectivity index (χ3n) is 4.38. The summed E-state index contributed by atoms with van der Waals surface area (Å²) in [4.78, 5) is 10.7. The number of guanidine groups is 1. The van der Waals surface area contributed by atoms with E-state index in [0.717, 1.165) is 22.6 Å². The molecule has 1 N–H and O–H groups in total. The molecule has 0 aliphatic carbocycles. The van der Waals surface area contributed by atoms with E-state index in [9.17, 15) is 0 Å². The van der Waals surface area contributed by atoms with Crippen LogP contribution in [0.2, 0.25) is 5.02 Å². The number of ether oxygens (including phenoxy) is 2. The highest BCUT2D eigenvalue weighted by Crippen LogP contribution is 2.32. The predicted octanol–water partition coefficient (Wildman–Crippen LogP) is 3.94. The lowest BCUT2D eigenvalue weighted by Crippen LogP contribution is -2.38. The number of rotatable bonds is 5. The van der Waals surface area contributed by atoms with E-state index in [1.54, 1.807) is 19.2 Å². The lowest BCUT2D eigenvalue weighted by molar-refractivity contribution is 0.174. The van der Waals surface area contributed by atoms with Crippen LogP contribution >= 0.6 is 35.6 Å². The maximum Gasteiger partial charge on any atom is 0.246 e. The number of nitrogens with one attached hydrogen (secondary N) is 1. The smallest absolute Gasteiger partial charge is 0.246 e. The van der Waals surface area contributed by atoms with E-state index < -0.39 is 0 Å². The molecule has 0 spiro atoms. The molecule has 0 bridgehead atoms. The van der Waals surface area contributed by atoms with Gasteiger partial charge in [0.2, 0.25) is 18.5 Å². The van der Waals surface area contributed by atoms with E-state index in [0.29, 0.717) is 35.8 Å². The number of aromatic nitrogens is 2. The molecule has 0 radical (unpaired) electrons. The van der Waals surface area contributed by atoms with Crippen molar-refractivity contribution in [3.63, 3.8) is 0 Å². The van der Waals surface area contributed by atoms with Gasteiger partial charge in [-0.2, -0.15) is 4.98 Å². The Bertz CT molecular complexity index is 1040. The molecule has 10 heteroatoms. The average molecular weight is 542 g/mol. The summed E-state index contributed by atoms with van der Waals surface area (Å²) >= 11 is 6.02. The Morgan fingerprint density at radius 3 is 2.83 bits per heavy atom. The molecule has 4 rings (SSSR count). The van der Waals surface area contributed by atoms with Gasteiger partial charge in [0.05, 0.1) is 6.54 Å². The number of aliphatic imine (C=N–C) groups is 1. The average Bonchev–Trinajstić information content (AvgIpc) is 3.37. The van der Waals surface area contributed by atoms with Crippen molar-refractivity contribution in [3.8, 4) is 22.9 Å². The molecule has 2 heterocycles. The first-order valence-corrected chi connectivity index (χ1v) is 9.39. The van der Waals surface area contributed by atoms with Crippen molar-refractivity contribution in [3.05, 3.63) is 58.9 Å². The third-order valence-corrected chi connectivity index (χ3v) is 4.61. The summed E-state index contributed by atoms with van der Waals surface area (Å²) in [5, 5.41) is 7.87. The van der Waals surface area contributed by atoms with Crippen molar-refractivity contribution in [1.82, 2.24) is 20.4 Å². The van der Waals surface area contributed by atoms with Gasteiger partial charge in [-0.05, 0) is 29.8 Å². The van der Waals surface area contributed by atoms with Crippen LogP contribution < -0.4 is 14.8 Å². The number of fused-ring (bicyclic) bond motifs is 1. The zero-order valence-electron chi connectivity index (χ0n) is 16.5. The molecule has 0 saturated carbocycles. The standard InChI is InChI=1S/C20H20ClN5O3.HI/c1-22-20(26(2)11-13-6-7-16-17(8-13)28-12-27-16)23-10-18-24-19(25-29-18)14-4-3-5-15(21)9-14;/h3-9H,10-12H2,1-2H3,(H,22,23);1H. The molecule has 2 aromatic carbocycles. The van der Waals surface area contributed by atoms with Crippen LogP contribution in [0.15, 0.2) is 52.0 Å². The van der Waals surface area contributed by atoms with Crippen LogP contribution in [0.4, 0.5) is 0 Å². The van der Waals surface area contributed by atoms with Crippen LogP contribution in [0.5, 0.6) is 11.5 Å². The summed E-state index contributed by atoms with van der Waals surface area (Å²) in [6.07, 6.45) is 0. The number of hydrogen-bond donors (Lipinski definition) is 1. The normalized spacial score (nSPS) is 12.4. The molecule has 0 unspecified atom stereocenters. The monoisotopic (exact) mass is 541 g/mol. The molecule has 1 aliphatic rings. The van der Waals surface area contributed by atoms with Gasteiger partial charge in [0.15, 0.2) is 17.5 Å². The fourth-order valence-corrected chi connectivity index (χ4v) is 3.19. The number of benzene rings is 2. The van der Waals surface area contributed by atoms with E-state index in [4.69, 9.17) is 25.6 Å². The Kier molecular flexibility index (Phi) is 7.38. The fourth-order valence-electron chi connectivity index (χ4n) is 3.00. The first-order valence-electron chi connectivity index (χ1n) is 9.01. The van der Waals surface area contributed by atoms with Crippen molar-refractivity contribution in [2.75, 3.05) is 20.9 Å². The fraction of sp³-hybridized carbons (Fsp3) is 0.250. The number of hydrogen-bond acceptors (Lipinski definition) is 6. The summed E-state index contributed by atoms with van der Waals surface area (Å²) in [7, 11) is 3.68. The highest BCUT2D eigenvalue weighted by atomic mass is 127. The highest BCUT2D eigenvalue weighted by molar-refractivity contribution is 14.0. The lowest BCUT2D eigenvalue weighted by atomic mass is 10.2. The molecule has 158 valence electrons. The Morgan fingerprint density at radius 2 is 2.03 bits per heavy atom. The van der Waals surface area contributed by atoms with Gasteiger partial charge in [-0.25, -0.2) is 0 Å². The topological polar surface area (TPSA) is 85.0 Å². The first kappa shape index (κ1) is 22.2. The summed E-state index contributed by atoms with van der Waals surface area (Å²) in [5.74, 6) is 3.18. The molecule has 8 nitrogen and oxygen atoms in total. The SMILES string of the molecule is CN=C(NCc1nc(-c2cccc(Cl)c2)no1)N(C)Cc1ccc2c(c1)OCO2.I. The minimum atomic E-state index is 0. The van der Waals surface area contributed by atoms with Gasteiger partial charge >= 0.3 is 0 Å². The maximum absolute atomic E-state index is 6.02. The number of halogens is 2. The molecule has 0 saturated heterocycles. The molecule has 30 heavy (non-hydrogen) atoms. The van der Waals surface area contributed by atoms with Crippen LogP contribution in [0.1, 0.15) is 11.5 Å². The zero-order valence-corrected chi connectivity index (χ0v) is 19.5. The quantitative estimate of drug-likeness (QED) is 0.297. The second-order valence-electron chi connectivity index (χ2n) is 6.47. The summed E-state index contributed by atoms with van der Waals surface area (Å²) < 4.78 is 16.1. The van der Waals surface area contributed by atoms with Gasteiger partial charge in [0.25, 0.3) is 0 Å². The predicted molar refractivity (Wildman–Crippen MR) is 124 cm³/mol. The summed E-state index contributed by atoms with van der Waals surface area (Å²) in [6.45, 7) is 1.26. The third kappa shape index (κ3) is 5.14. The molecule has 1 aromatic heterocycles. The van der Waals surface area contributed by atoms with E-state index in [1.807, 2.05) is 42.3 Å². The van der Waals surface area contributed by atoms with E-state index in [-0.39, 0.29) is 30.8 Å². The summed E-state index contributed by atoms with van der Waals surface area (Å²) in [5.41, 5.74) is 1.89. The van der Waals surface area contributed by atoms with Gasteiger partial charge < -0.3 is 24.2 Å². The van der Waals surface area contributed by atoms with E-state index >= 15 is 0 Å². The van der Waals surface area contributed by atoms with E-state index in [2.05, 4.69) is 20.4 Å². The maximum atomic E-state index is 6.02. The van der Waals surface area contributed by atoms with Crippen LogP contribution in [0.25, 0.3) is 11.4 Å². The summed E-state index contributed by atoms with van der Waals surface area (Å²) in [6, 6.07) is 13.2. The van der Waals surface area contributed by atoms with Crippen LogP contribution in [0, 0.1) is 0 Å². The van der Waals surface area contributed by atoms with Crippen molar-refractivity contribution in [2.45, 2.75) is 13.1 Å². The highest BCUT2D eigenvalue weighted by Gasteiger charge is 2.15. The van der Waals surface area contributed by atoms with Gasteiger partial charge in [0, 0.05) is 31.2 Å². The van der Waals surface area contributed by atoms with Crippen LogP contribution in [0.3, 0.4) is 0 Å². The van der Waals surface area contributed by atoms with Gasteiger partial charge in [-0.1, -0.05) is 35.0 Å². The Balaban J connectivity index is 0.00000256. The largest absolute Gasteiger partial charge is 0.454 e. The van der Waals surface area contributed by atoms with Crippen molar-refractivity contribution in [1.29, 1.82) is 0 Å². The van der Waals surface area contributed by atoms with E-state index in [1.165, 1.54) is 0 Å². The van der Waals surface area contributed by atoms with Crippen LogP contribution in [-0.4, -0.2) is 41.9 Å². The molecular formula is C20H21ClIN5O3. The lowest BCUT2D eigenvalue weighted by Gasteiger charge is -2.21. The molecular weight excluding hydrogens is 521 g/mol. The minimum absolute atomic E-state index is 0. The van der Waals surface area contributed by atoms with Crippen molar-refractivity contribution >= 4 is 41.5 Å². The molecule has 0 atom stereocenters. The Labute approximate surface area is 196 Å². The second-order valence-corrected chi connectivity index (χ2v) is 6.90. The number of nitrogens with zero attached hydrogens (tertiary/aromatic N) is 4. The van der Waals surface area contributed by atoms with Crippen molar-refractivity contribution in [2.24, 2.45) is 4.99 Å². The second kappa shape index (κ2) is 9.98. The first-order chi connectivity index (χ1) is 14.1. The molecule has 1 aliphatic heterocycles. The van der Waals surface area contributed by atoms with Gasteiger partial charge in [-0.15, -0.1) is 24.0 Å². The van der Waals surface area contributed by atoms with Gasteiger partial charge in [-0.3, -0.25) is 4.99 Å². The molecule has 0 amide bonds. The van der Waals surface area contributed by atoms with Crippen molar-refractivity contribution < 1.29 is 14.0 Å². The Morgan fingerprint density at radius 1 is 1.20 bits per heavy atom. The molecule has 0 fully saturated rings. The Hall–Kier alpha value is -2.53. The minimum Gasteiger partial charge on any atom is -0.454 e. The van der Waals surface area contributed by atoms with Gasteiger partial charge in [0.1, 0.15) is 0 Å². The zero-order chi connectivity index (χ0) is 20.2.